The van der Waals surface area contributed by atoms with Crippen LogP contribution < -0.4 is 5.48 Å². The summed E-state index contributed by atoms with van der Waals surface area (Å²) in [6.07, 6.45) is 5.17. The van der Waals surface area contributed by atoms with Crippen molar-refractivity contribution in [3.8, 4) is 0 Å². The molecule has 15 heavy (non-hydrogen) atoms. The summed E-state index contributed by atoms with van der Waals surface area (Å²) < 4.78 is 0. The van der Waals surface area contributed by atoms with E-state index in [2.05, 4.69) is 26.3 Å². The van der Waals surface area contributed by atoms with Crippen LogP contribution in [0.4, 0.5) is 0 Å². The second-order valence-electron chi connectivity index (χ2n) is 3.14. The Hall–Kier alpha value is -0.450. The Balaban J connectivity index is -0.000000129. The summed E-state index contributed by atoms with van der Waals surface area (Å²) in [5.74, 6) is 0. The lowest BCUT2D eigenvalue weighted by Gasteiger charge is -2.10. The fourth-order valence-corrected chi connectivity index (χ4v) is 0.769. The second-order valence-corrected chi connectivity index (χ2v) is 3.14. The zero-order valence-electron chi connectivity index (χ0n) is 10.5. The van der Waals surface area contributed by atoms with Crippen LogP contribution in [-0.4, -0.2) is 24.4 Å². The lowest BCUT2D eigenvalue weighted by Crippen LogP contribution is -2.30. The van der Waals surface area contributed by atoms with Gasteiger partial charge in [0.15, 0.2) is 0 Å². The number of hydroxylamine groups is 1. The Bertz CT molecular complexity index is 107. The summed E-state index contributed by atoms with van der Waals surface area (Å²) in [6.45, 7) is 8.83. The van der Waals surface area contributed by atoms with Crippen molar-refractivity contribution >= 4 is 6.29 Å². The summed E-state index contributed by atoms with van der Waals surface area (Å²) in [7, 11) is 0. The molecule has 1 atom stereocenters. The molecule has 0 aromatic carbocycles. The van der Waals surface area contributed by atoms with Crippen molar-refractivity contribution in [2.75, 3.05) is 6.61 Å². The molecule has 0 aliphatic carbocycles. The summed E-state index contributed by atoms with van der Waals surface area (Å²) in [5, 5.41) is 0. The van der Waals surface area contributed by atoms with Gasteiger partial charge in [-0.15, -0.1) is 0 Å². The molecule has 4 heteroatoms. The van der Waals surface area contributed by atoms with Crippen molar-refractivity contribution in [1.82, 2.24) is 5.48 Å². The molecule has 0 saturated carbocycles. The Morgan fingerprint density at radius 1 is 1.33 bits per heavy atom. The monoisotopic (exact) mass is 223 g/mol. The maximum atomic E-state index is 10.4. The highest BCUT2D eigenvalue weighted by Crippen LogP contribution is 1.97. The Morgan fingerprint density at radius 2 is 1.87 bits per heavy atom. The van der Waals surface area contributed by atoms with Gasteiger partial charge in [0.05, 0.1) is 12.6 Å². The molecule has 3 N–H and O–H groups in total. The van der Waals surface area contributed by atoms with Crippen molar-refractivity contribution in [1.29, 1.82) is 0 Å². The predicted octanol–water partition coefficient (Wildman–Crippen LogP) is 2.12. The predicted molar refractivity (Wildman–Crippen MR) is 65.8 cm³/mol. The fourth-order valence-electron chi connectivity index (χ4n) is 0.769. The molecule has 0 fully saturated rings. The third kappa shape index (κ3) is 19.8. The van der Waals surface area contributed by atoms with Crippen LogP contribution in [0.1, 0.15) is 54.8 Å². The molecule has 0 rings (SSSR count). The minimum absolute atomic E-state index is 0. The average molecular weight is 223 g/mol. The van der Waals surface area contributed by atoms with Gasteiger partial charge in [-0.25, -0.2) is 0 Å². The molecule has 0 aromatic heterocycles. The first-order chi connectivity index (χ1) is 6.76. The number of carbonyl (C=O) groups excluding carboxylic acids is 1. The number of hydrogen-bond donors (Lipinski definition) is 1. The molecule has 0 aliphatic rings. The van der Waals surface area contributed by atoms with E-state index < -0.39 is 0 Å². The molecule has 0 radical (unpaired) electrons. The molecule has 96 valence electrons. The summed E-state index contributed by atoms with van der Waals surface area (Å²) >= 11 is 0. The van der Waals surface area contributed by atoms with E-state index in [1.807, 2.05) is 6.92 Å². The van der Waals surface area contributed by atoms with Gasteiger partial charge in [-0.2, -0.15) is 5.48 Å². The van der Waals surface area contributed by atoms with Crippen molar-refractivity contribution in [3.05, 3.63) is 0 Å². The van der Waals surface area contributed by atoms with Crippen LogP contribution in [0.3, 0.4) is 0 Å². The van der Waals surface area contributed by atoms with Crippen LogP contribution in [0.15, 0.2) is 0 Å². The van der Waals surface area contributed by atoms with E-state index in [9.17, 15) is 4.79 Å². The molecule has 0 saturated heterocycles. The zero-order chi connectivity index (χ0) is 11.2. The Morgan fingerprint density at radius 3 is 2.20 bits per heavy atom. The van der Waals surface area contributed by atoms with E-state index in [1.54, 1.807) is 0 Å². The van der Waals surface area contributed by atoms with Crippen molar-refractivity contribution in [2.24, 2.45) is 0 Å². The highest BCUT2D eigenvalue weighted by molar-refractivity contribution is 5.56. The van der Waals surface area contributed by atoms with E-state index in [-0.39, 0.29) is 12.9 Å². The topological polar surface area (TPSA) is 69.8 Å². The molecule has 0 unspecified atom stereocenters. The first-order valence-electron chi connectivity index (χ1n) is 5.59. The van der Waals surface area contributed by atoms with Crippen LogP contribution in [0.25, 0.3) is 0 Å². The minimum atomic E-state index is -0.130. The van der Waals surface area contributed by atoms with Crippen LogP contribution >= 0.6 is 0 Å². The van der Waals surface area contributed by atoms with Crippen LogP contribution in [-0.2, 0) is 9.63 Å². The first-order valence-corrected chi connectivity index (χ1v) is 5.59. The number of carbonyl (C=O) groups is 1. The largest absolute Gasteiger partial charge is 0.412 e. The molecular formula is C11H29NO3. The SMILES string of the molecule is CCC.CCCC[C@@H](C=O)NOCC.O.[HH]. The van der Waals surface area contributed by atoms with Gasteiger partial charge in [0.1, 0.15) is 6.29 Å². The number of aldehydes is 1. The number of rotatable bonds is 7. The van der Waals surface area contributed by atoms with Crippen molar-refractivity contribution in [3.63, 3.8) is 0 Å². The van der Waals surface area contributed by atoms with Gasteiger partial charge >= 0.3 is 0 Å². The molecule has 0 bridgehead atoms. The molecule has 0 aromatic rings. The standard InChI is InChI=1S/C8H17NO2.C3H8.H2O.H2/c1-3-5-6-8(7-10)9-11-4-2;1-3-2;;/h7-9H,3-6H2,1-2H3;3H2,1-2H3;1H2;1H/t8-;;;/m0.../s1. The van der Waals surface area contributed by atoms with E-state index in [0.29, 0.717) is 6.61 Å². The number of nitrogens with one attached hydrogen (secondary N) is 1. The van der Waals surface area contributed by atoms with Gasteiger partial charge in [-0.05, 0) is 13.3 Å². The summed E-state index contributed by atoms with van der Waals surface area (Å²) in [6, 6.07) is -0.130. The highest BCUT2D eigenvalue weighted by Gasteiger charge is 2.03. The van der Waals surface area contributed by atoms with E-state index in [4.69, 9.17) is 4.84 Å². The van der Waals surface area contributed by atoms with Gasteiger partial charge < -0.3 is 15.1 Å². The van der Waals surface area contributed by atoms with Crippen LogP contribution in [0.5, 0.6) is 0 Å². The second kappa shape index (κ2) is 19.2. The highest BCUT2D eigenvalue weighted by atomic mass is 16.6. The van der Waals surface area contributed by atoms with Gasteiger partial charge in [-0.1, -0.05) is 40.0 Å². The normalized spacial score (nSPS) is 10.7. The minimum Gasteiger partial charge on any atom is -0.412 e. The third-order valence-electron chi connectivity index (χ3n) is 1.41. The molecule has 0 spiro atoms. The van der Waals surface area contributed by atoms with Gasteiger partial charge in [0, 0.05) is 1.43 Å². The lowest BCUT2D eigenvalue weighted by molar-refractivity contribution is -0.113. The van der Waals surface area contributed by atoms with Crippen molar-refractivity contribution < 1.29 is 16.5 Å². The Kier molecular flexibility index (Phi) is 25.6. The molecular weight excluding hydrogens is 194 g/mol. The third-order valence-corrected chi connectivity index (χ3v) is 1.41. The maximum Gasteiger partial charge on any atom is 0.139 e. The van der Waals surface area contributed by atoms with Gasteiger partial charge in [0.25, 0.3) is 0 Å². The maximum absolute atomic E-state index is 10.4. The lowest BCUT2D eigenvalue weighted by atomic mass is 10.1. The first kappa shape index (κ1) is 20.0. The van der Waals surface area contributed by atoms with E-state index in [1.165, 1.54) is 6.42 Å². The smallest absolute Gasteiger partial charge is 0.139 e. The number of unbranched alkanes of at least 4 members (excludes halogenated alkanes) is 1. The van der Waals surface area contributed by atoms with Gasteiger partial charge in [-0.3, -0.25) is 0 Å². The fraction of sp³-hybridized carbons (Fsp3) is 0.909. The van der Waals surface area contributed by atoms with Gasteiger partial charge in [0.2, 0.25) is 0 Å². The average Bonchev–Trinajstić information content (AvgIpc) is 2.20. The Labute approximate surface area is 95.1 Å². The summed E-state index contributed by atoms with van der Waals surface area (Å²) in [4.78, 5) is 15.3. The van der Waals surface area contributed by atoms with Crippen molar-refractivity contribution in [2.45, 2.75) is 59.4 Å². The van der Waals surface area contributed by atoms with Crippen LogP contribution in [0.2, 0.25) is 0 Å². The molecule has 0 amide bonds. The molecule has 0 heterocycles. The number of hydrogen-bond acceptors (Lipinski definition) is 3. The van der Waals surface area contributed by atoms with E-state index >= 15 is 0 Å². The van der Waals surface area contributed by atoms with E-state index in [0.717, 1.165) is 25.5 Å². The summed E-state index contributed by atoms with van der Waals surface area (Å²) in [5.41, 5.74) is 2.69. The zero-order valence-corrected chi connectivity index (χ0v) is 10.5. The quantitative estimate of drug-likeness (QED) is 0.531. The van der Waals surface area contributed by atoms with Crippen LogP contribution in [0, 0.1) is 0 Å². The molecule has 0 aliphatic heterocycles. The molecule has 4 nitrogen and oxygen atoms in total.